The van der Waals surface area contributed by atoms with Gasteiger partial charge in [-0.3, -0.25) is 0 Å². The van der Waals surface area contributed by atoms with Gasteiger partial charge in [-0.2, -0.15) is 0 Å². The number of ether oxygens (including phenoxy) is 1. The summed E-state index contributed by atoms with van der Waals surface area (Å²) < 4.78 is 5.24. The van der Waals surface area contributed by atoms with Crippen molar-refractivity contribution in [3.63, 3.8) is 0 Å². The predicted molar refractivity (Wildman–Crippen MR) is 51.6 cm³/mol. The summed E-state index contributed by atoms with van der Waals surface area (Å²) in [6, 6.07) is 5.42. The molecule has 1 aromatic carbocycles. The number of benzene rings is 1. The van der Waals surface area contributed by atoms with E-state index in [4.69, 9.17) is 9.84 Å². The SMILES string of the molecule is COC1Cc2cccc(C(=O)O)c2C1. The molecular formula is C11H12O3. The lowest BCUT2D eigenvalue weighted by atomic mass is 10.0. The quantitative estimate of drug-likeness (QED) is 0.772. The lowest BCUT2D eigenvalue weighted by Gasteiger charge is -2.04. The molecule has 14 heavy (non-hydrogen) atoms. The summed E-state index contributed by atoms with van der Waals surface area (Å²) in [7, 11) is 1.66. The summed E-state index contributed by atoms with van der Waals surface area (Å²) >= 11 is 0. The summed E-state index contributed by atoms with van der Waals surface area (Å²) in [5.41, 5.74) is 2.46. The maximum atomic E-state index is 10.9. The van der Waals surface area contributed by atoms with E-state index in [2.05, 4.69) is 0 Å². The second-order valence-electron chi connectivity index (χ2n) is 3.51. The molecule has 1 aromatic rings. The van der Waals surface area contributed by atoms with Crippen molar-refractivity contribution < 1.29 is 14.6 Å². The van der Waals surface area contributed by atoms with Crippen molar-refractivity contribution in [1.82, 2.24) is 0 Å². The van der Waals surface area contributed by atoms with Gasteiger partial charge >= 0.3 is 5.97 Å². The number of rotatable bonds is 2. The average molecular weight is 192 g/mol. The van der Waals surface area contributed by atoms with Crippen LogP contribution in [-0.4, -0.2) is 24.3 Å². The van der Waals surface area contributed by atoms with Gasteiger partial charge in [0.15, 0.2) is 0 Å². The number of carbonyl (C=O) groups is 1. The van der Waals surface area contributed by atoms with E-state index in [1.54, 1.807) is 19.2 Å². The Labute approximate surface area is 82.3 Å². The molecular weight excluding hydrogens is 180 g/mol. The van der Waals surface area contributed by atoms with Crippen molar-refractivity contribution in [2.75, 3.05) is 7.11 Å². The van der Waals surface area contributed by atoms with Crippen LogP contribution in [0.1, 0.15) is 21.5 Å². The summed E-state index contributed by atoms with van der Waals surface area (Å²) in [5, 5.41) is 8.97. The lowest BCUT2D eigenvalue weighted by molar-refractivity contribution is 0.0694. The predicted octanol–water partition coefficient (Wildman–Crippen LogP) is 1.50. The zero-order valence-corrected chi connectivity index (χ0v) is 7.99. The number of carboxylic acids is 1. The maximum Gasteiger partial charge on any atom is 0.335 e. The Morgan fingerprint density at radius 2 is 2.29 bits per heavy atom. The summed E-state index contributed by atoms with van der Waals surface area (Å²) in [5.74, 6) is -0.849. The van der Waals surface area contributed by atoms with Gasteiger partial charge in [-0.25, -0.2) is 4.79 Å². The molecule has 1 unspecified atom stereocenters. The van der Waals surface area contributed by atoms with Gasteiger partial charge in [-0.15, -0.1) is 0 Å². The minimum absolute atomic E-state index is 0.144. The molecule has 0 radical (unpaired) electrons. The number of hydrogen-bond donors (Lipinski definition) is 1. The minimum Gasteiger partial charge on any atom is -0.478 e. The zero-order chi connectivity index (χ0) is 10.1. The van der Waals surface area contributed by atoms with Gasteiger partial charge in [0.2, 0.25) is 0 Å². The Hall–Kier alpha value is -1.35. The largest absolute Gasteiger partial charge is 0.478 e. The molecule has 2 rings (SSSR count). The van der Waals surface area contributed by atoms with Crippen molar-refractivity contribution in [3.8, 4) is 0 Å². The Morgan fingerprint density at radius 3 is 2.93 bits per heavy atom. The van der Waals surface area contributed by atoms with Crippen LogP contribution in [0.25, 0.3) is 0 Å². The molecule has 0 fully saturated rings. The van der Waals surface area contributed by atoms with Gasteiger partial charge < -0.3 is 9.84 Å². The van der Waals surface area contributed by atoms with E-state index in [9.17, 15) is 4.79 Å². The van der Waals surface area contributed by atoms with Crippen LogP contribution in [0.3, 0.4) is 0 Å². The lowest BCUT2D eigenvalue weighted by Crippen LogP contribution is -2.09. The molecule has 0 spiro atoms. The van der Waals surface area contributed by atoms with E-state index in [1.807, 2.05) is 6.07 Å². The molecule has 0 aromatic heterocycles. The third kappa shape index (κ3) is 1.40. The van der Waals surface area contributed by atoms with E-state index in [0.717, 1.165) is 17.5 Å². The highest BCUT2D eigenvalue weighted by atomic mass is 16.5. The van der Waals surface area contributed by atoms with Gasteiger partial charge in [-0.1, -0.05) is 12.1 Å². The van der Waals surface area contributed by atoms with Crippen LogP contribution in [-0.2, 0) is 17.6 Å². The van der Waals surface area contributed by atoms with Gasteiger partial charge in [0, 0.05) is 13.5 Å². The number of fused-ring (bicyclic) bond motifs is 1. The van der Waals surface area contributed by atoms with Gasteiger partial charge in [0.1, 0.15) is 0 Å². The highest BCUT2D eigenvalue weighted by Crippen LogP contribution is 2.26. The van der Waals surface area contributed by atoms with E-state index < -0.39 is 5.97 Å². The van der Waals surface area contributed by atoms with Gasteiger partial charge in [-0.05, 0) is 23.6 Å². The Balaban J connectivity index is 2.41. The number of hydrogen-bond acceptors (Lipinski definition) is 2. The fraction of sp³-hybridized carbons (Fsp3) is 0.364. The molecule has 0 bridgehead atoms. The minimum atomic E-state index is -0.849. The Kier molecular flexibility index (Phi) is 2.25. The first-order chi connectivity index (χ1) is 6.72. The maximum absolute atomic E-state index is 10.9. The van der Waals surface area contributed by atoms with Crippen molar-refractivity contribution in [2.24, 2.45) is 0 Å². The van der Waals surface area contributed by atoms with E-state index in [0.29, 0.717) is 12.0 Å². The third-order valence-electron chi connectivity index (χ3n) is 2.72. The molecule has 3 nitrogen and oxygen atoms in total. The fourth-order valence-electron chi connectivity index (χ4n) is 1.98. The van der Waals surface area contributed by atoms with Crippen LogP contribution in [0.2, 0.25) is 0 Å². The van der Waals surface area contributed by atoms with Crippen LogP contribution >= 0.6 is 0 Å². The summed E-state index contributed by atoms with van der Waals surface area (Å²) in [6.07, 6.45) is 1.69. The second-order valence-corrected chi connectivity index (χ2v) is 3.51. The molecule has 3 heteroatoms. The van der Waals surface area contributed by atoms with E-state index in [1.165, 1.54) is 0 Å². The van der Waals surface area contributed by atoms with Crippen molar-refractivity contribution in [1.29, 1.82) is 0 Å². The zero-order valence-electron chi connectivity index (χ0n) is 7.99. The van der Waals surface area contributed by atoms with Crippen LogP contribution in [0.15, 0.2) is 18.2 Å². The first-order valence-electron chi connectivity index (χ1n) is 4.59. The van der Waals surface area contributed by atoms with Crippen LogP contribution in [0.4, 0.5) is 0 Å². The standard InChI is InChI=1S/C11H12O3/c1-14-8-5-7-3-2-4-9(11(12)13)10(7)6-8/h2-4,8H,5-6H2,1H3,(H,12,13). The molecule has 74 valence electrons. The molecule has 0 saturated carbocycles. The topological polar surface area (TPSA) is 46.5 Å². The normalized spacial score (nSPS) is 19.4. The van der Waals surface area contributed by atoms with Crippen molar-refractivity contribution in [2.45, 2.75) is 18.9 Å². The summed E-state index contributed by atoms with van der Waals surface area (Å²) in [6.45, 7) is 0. The highest BCUT2D eigenvalue weighted by Gasteiger charge is 2.25. The Bertz CT molecular complexity index is 371. The highest BCUT2D eigenvalue weighted by molar-refractivity contribution is 5.90. The monoisotopic (exact) mass is 192 g/mol. The van der Waals surface area contributed by atoms with Gasteiger partial charge in [0.05, 0.1) is 11.7 Å². The molecule has 0 saturated heterocycles. The summed E-state index contributed by atoms with van der Waals surface area (Å²) in [4.78, 5) is 10.9. The molecule has 1 atom stereocenters. The smallest absolute Gasteiger partial charge is 0.335 e. The molecule has 0 amide bonds. The van der Waals surface area contributed by atoms with Crippen LogP contribution < -0.4 is 0 Å². The third-order valence-corrected chi connectivity index (χ3v) is 2.72. The van der Waals surface area contributed by atoms with E-state index >= 15 is 0 Å². The van der Waals surface area contributed by atoms with Crippen molar-refractivity contribution >= 4 is 5.97 Å². The first-order valence-corrected chi connectivity index (χ1v) is 4.59. The van der Waals surface area contributed by atoms with Crippen LogP contribution in [0, 0.1) is 0 Å². The number of carboxylic acid groups (broad SMARTS) is 1. The first kappa shape index (κ1) is 9.21. The van der Waals surface area contributed by atoms with Crippen LogP contribution in [0.5, 0.6) is 0 Å². The Morgan fingerprint density at radius 1 is 1.50 bits per heavy atom. The number of methoxy groups -OCH3 is 1. The van der Waals surface area contributed by atoms with Gasteiger partial charge in [0.25, 0.3) is 0 Å². The molecule has 1 N–H and O–H groups in total. The fourth-order valence-corrected chi connectivity index (χ4v) is 1.98. The van der Waals surface area contributed by atoms with Crippen molar-refractivity contribution in [3.05, 3.63) is 34.9 Å². The van der Waals surface area contributed by atoms with E-state index in [-0.39, 0.29) is 6.10 Å². The molecule has 1 aliphatic carbocycles. The second kappa shape index (κ2) is 3.42. The molecule has 1 aliphatic rings. The number of aromatic carboxylic acids is 1. The molecule has 0 aliphatic heterocycles. The average Bonchev–Trinajstić information content (AvgIpc) is 2.59. The molecule has 0 heterocycles.